The highest BCUT2D eigenvalue weighted by Crippen LogP contribution is 2.40. The molecule has 2 rings (SSSR count). The molecule has 4 heteroatoms. The largest absolute Gasteiger partial charge is 0.461 e. The molecule has 0 fully saturated rings. The van der Waals surface area contributed by atoms with E-state index in [0.29, 0.717) is 13.2 Å². The average molecular weight is 395 g/mol. The molecule has 0 saturated heterocycles. The number of carbonyl (C=O) groups is 1. The van der Waals surface area contributed by atoms with Gasteiger partial charge in [0.15, 0.2) is 0 Å². The van der Waals surface area contributed by atoms with Crippen LogP contribution in [0.3, 0.4) is 0 Å². The van der Waals surface area contributed by atoms with Gasteiger partial charge in [-0.1, -0.05) is 55.4 Å². The van der Waals surface area contributed by atoms with E-state index >= 15 is 0 Å². The number of allylic oxidation sites excluding steroid dienone is 9. The summed E-state index contributed by atoms with van der Waals surface area (Å²) in [5.74, 6) is -0.324. The number of ether oxygens (including phenoxy) is 1. The number of carbonyl (C=O) groups excluding carboxylic acids is 1. The van der Waals surface area contributed by atoms with Crippen LogP contribution in [0.25, 0.3) is 0 Å². The van der Waals surface area contributed by atoms with Crippen molar-refractivity contribution in [1.82, 2.24) is 9.55 Å². The molecule has 1 aromatic rings. The Kier molecular flexibility index (Phi) is 8.44. The Bertz CT molecular complexity index is 834. The maximum atomic E-state index is 11.9. The van der Waals surface area contributed by atoms with Crippen LogP contribution in [0.5, 0.6) is 0 Å². The molecular weight excluding hydrogens is 360 g/mol. The van der Waals surface area contributed by atoms with Gasteiger partial charge in [-0.2, -0.15) is 0 Å². The van der Waals surface area contributed by atoms with Crippen LogP contribution in [-0.2, 0) is 16.1 Å². The smallest absolute Gasteiger partial charge is 0.331 e. The zero-order chi connectivity index (χ0) is 21.3. The normalized spacial score (nSPS) is 18.1. The molecular formula is C25H34N2O2. The molecule has 0 saturated carbocycles. The van der Waals surface area contributed by atoms with Gasteiger partial charge in [-0.15, -0.1) is 0 Å². The molecule has 29 heavy (non-hydrogen) atoms. The van der Waals surface area contributed by atoms with Gasteiger partial charge in [0.1, 0.15) is 6.61 Å². The van der Waals surface area contributed by atoms with Gasteiger partial charge < -0.3 is 9.30 Å². The van der Waals surface area contributed by atoms with Crippen LogP contribution >= 0.6 is 0 Å². The summed E-state index contributed by atoms with van der Waals surface area (Å²) in [7, 11) is 0. The van der Waals surface area contributed by atoms with Gasteiger partial charge in [0, 0.05) is 18.5 Å². The third-order valence-electron chi connectivity index (χ3n) is 5.27. The standard InChI is InChI=1S/C25H34N2O2/c1-20(11-12-23-22(3)10-7-13-25(23,4)5)8-6-9-21(2)18-24(28)29-17-16-27-15-14-26-19-27/h6,8-9,11-12,14-15,18-19H,7,10,13,16-17H2,1-5H3/b9-6+,12-11+,20-8+,21-18+. The fourth-order valence-corrected chi connectivity index (χ4v) is 3.58. The van der Waals surface area contributed by atoms with Crippen molar-refractivity contribution in [2.75, 3.05) is 6.61 Å². The van der Waals surface area contributed by atoms with Crippen molar-refractivity contribution in [2.24, 2.45) is 5.41 Å². The topological polar surface area (TPSA) is 44.1 Å². The van der Waals surface area contributed by atoms with Gasteiger partial charge in [-0.25, -0.2) is 9.78 Å². The van der Waals surface area contributed by atoms with Gasteiger partial charge in [-0.05, 0) is 56.6 Å². The first-order chi connectivity index (χ1) is 13.8. The van der Waals surface area contributed by atoms with Crippen LogP contribution in [-0.4, -0.2) is 22.1 Å². The number of hydrogen-bond acceptors (Lipinski definition) is 3. The number of hydrogen-bond donors (Lipinski definition) is 0. The second-order valence-corrected chi connectivity index (χ2v) is 8.39. The first-order valence-electron chi connectivity index (χ1n) is 10.3. The molecule has 0 atom stereocenters. The Balaban J connectivity index is 1.85. The first kappa shape index (κ1) is 22.7. The monoisotopic (exact) mass is 394 g/mol. The van der Waals surface area contributed by atoms with E-state index in [1.807, 2.05) is 29.8 Å². The van der Waals surface area contributed by atoms with E-state index < -0.39 is 0 Å². The summed E-state index contributed by atoms with van der Waals surface area (Å²) in [4.78, 5) is 15.8. The molecule has 0 aliphatic heterocycles. The van der Waals surface area contributed by atoms with Crippen molar-refractivity contribution >= 4 is 5.97 Å². The van der Waals surface area contributed by atoms with Crippen molar-refractivity contribution in [3.63, 3.8) is 0 Å². The highest BCUT2D eigenvalue weighted by Gasteiger charge is 2.26. The van der Waals surface area contributed by atoms with E-state index in [2.05, 4.69) is 50.9 Å². The second-order valence-electron chi connectivity index (χ2n) is 8.39. The van der Waals surface area contributed by atoms with Gasteiger partial charge >= 0.3 is 5.97 Å². The summed E-state index contributed by atoms with van der Waals surface area (Å²) in [6.07, 6.45) is 20.9. The minimum Gasteiger partial charge on any atom is -0.461 e. The summed E-state index contributed by atoms with van der Waals surface area (Å²) in [5, 5.41) is 0. The van der Waals surface area contributed by atoms with Crippen LogP contribution in [0.2, 0.25) is 0 Å². The Labute approximate surface area is 175 Å². The van der Waals surface area contributed by atoms with Crippen LogP contribution in [0.15, 0.2) is 77.5 Å². The highest BCUT2D eigenvalue weighted by atomic mass is 16.5. The van der Waals surface area contributed by atoms with Crippen molar-refractivity contribution < 1.29 is 9.53 Å². The number of imidazole rings is 1. The molecule has 0 N–H and O–H groups in total. The van der Waals surface area contributed by atoms with E-state index in [0.717, 1.165) is 5.57 Å². The van der Waals surface area contributed by atoms with Gasteiger partial charge in [0.05, 0.1) is 12.9 Å². The molecule has 1 heterocycles. The molecule has 4 nitrogen and oxygen atoms in total. The van der Waals surface area contributed by atoms with Crippen LogP contribution in [0.4, 0.5) is 0 Å². The molecule has 0 spiro atoms. The minimum absolute atomic E-state index is 0.256. The van der Waals surface area contributed by atoms with E-state index in [4.69, 9.17) is 4.74 Å². The zero-order valence-corrected chi connectivity index (χ0v) is 18.4. The molecule has 1 aliphatic rings. The van der Waals surface area contributed by atoms with Gasteiger partial charge in [0.25, 0.3) is 0 Å². The number of esters is 1. The summed E-state index contributed by atoms with van der Waals surface area (Å²) in [5.41, 5.74) is 5.27. The maximum Gasteiger partial charge on any atom is 0.331 e. The van der Waals surface area contributed by atoms with Crippen LogP contribution < -0.4 is 0 Å². The third-order valence-corrected chi connectivity index (χ3v) is 5.27. The summed E-state index contributed by atoms with van der Waals surface area (Å²) < 4.78 is 7.09. The zero-order valence-electron chi connectivity index (χ0n) is 18.4. The first-order valence-corrected chi connectivity index (χ1v) is 10.3. The van der Waals surface area contributed by atoms with E-state index in [1.165, 1.54) is 42.1 Å². The van der Waals surface area contributed by atoms with Crippen molar-refractivity contribution in [2.45, 2.75) is 60.4 Å². The lowest BCUT2D eigenvalue weighted by Gasteiger charge is -2.32. The van der Waals surface area contributed by atoms with Crippen molar-refractivity contribution in [3.8, 4) is 0 Å². The average Bonchev–Trinajstić information content (AvgIpc) is 3.14. The highest BCUT2D eigenvalue weighted by molar-refractivity contribution is 5.83. The Hall–Kier alpha value is -2.62. The van der Waals surface area contributed by atoms with Gasteiger partial charge in [-0.3, -0.25) is 0 Å². The predicted molar refractivity (Wildman–Crippen MR) is 119 cm³/mol. The molecule has 1 aliphatic carbocycles. The lowest BCUT2D eigenvalue weighted by Crippen LogP contribution is -2.19. The van der Waals surface area contributed by atoms with Crippen molar-refractivity contribution in [1.29, 1.82) is 0 Å². The lowest BCUT2D eigenvalue weighted by molar-refractivity contribution is -0.138. The van der Waals surface area contributed by atoms with E-state index in [1.54, 1.807) is 12.5 Å². The lowest BCUT2D eigenvalue weighted by atomic mass is 9.72. The summed E-state index contributed by atoms with van der Waals surface area (Å²) in [6, 6.07) is 0. The van der Waals surface area contributed by atoms with E-state index in [-0.39, 0.29) is 11.4 Å². The fourth-order valence-electron chi connectivity index (χ4n) is 3.58. The third kappa shape index (κ3) is 7.72. The molecule has 0 unspecified atom stereocenters. The quantitative estimate of drug-likeness (QED) is 0.310. The predicted octanol–water partition coefficient (Wildman–Crippen LogP) is 5.96. The Morgan fingerprint density at radius 1 is 1.28 bits per heavy atom. The molecule has 1 aromatic heterocycles. The van der Waals surface area contributed by atoms with E-state index in [9.17, 15) is 4.79 Å². The maximum absolute atomic E-state index is 11.9. The SMILES string of the molecule is CC1=C(/C=C/C(C)=C/C=C/C(C)=C/C(=O)OCCn2ccnc2)C(C)(C)CCC1. The summed E-state index contributed by atoms with van der Waals surface area (Å²) >= 11 is 0. The van der Waals surface area contributed by atoms with Gasteiger partial charge in [0.2, 0.25) is 0 Å². The fraction of sp³-hybridized carbons (Fsp3) is 0.440. The number of aromatic nitrogens is 2. The molecule has 0 bridgehead atoms. The van der Waals surface area contributed by atoms with Crippen LogP contribution in [0.1, 0.15) is 53.9 Å². The van der Waals surface area contributed by atoms with Crippen LogP contribution in [0, 0.1) is 5.41 Å². The number of rotatable bonds is 8. The molecule has 0 amide bonds. The molecule has 156 valence electrons. The molecule has 0 radical (unpaired) electrons. The number of nitrogens with zero attached hydrogens (tertiary/aromatic N) is 2. The summed E-state index contributed by atoms with van der Waals surface area (Å²) in [6.45, 7) is 11.8. The second kappa shape index (κ2) is 10.8. The Morgan fingerprint density at radius 3 is 2.76 bits per heavy atom. The Morgan fingerprint density at radius 2 is 2.07 bits per heavy atom. The minimum atomic E-state index is -0.324. The molecule has 0 aromatic carbocycles. The van der Waals surface area contributed by atoms with Crippen molar-refractivity contribution in [3.05, 3.63) is 77.5 Å².